The number of rotatable bonds is 0. The van der Waals surface area contributed by atoms with Crippen LogP contribution in [-0.4, -0.2) is 6.21 Å². The summed E-state index contributed by atoms with van der Waals surface area (Å²) in [6, 6.07) is 0. The lowest BCUT2D eigenvalue weighted by atomic mass is 9.84. The Kier molecular flexibility index (Phi) is 1.67. The van der Waals surface area contributed by atoms with Gasteiger partial charge in [0.15, 0.2) is 0 Å². The van der Waals surface area contributed by atoms with Gasteiger partial charge in [-0.05, 0) is 17.9 Å². The molecule has 1 nitrogen and oxygen atoms in total. The van der Waals surface area contributed by atoms with E-state index in [2.05, 4.69) is 32.7 Å². The molecule has 56 valence electrons. The van der Waals surface area contributed by atoms with Crippen LogP contribution in [0.25, 0.3) is 0 Å². The molecule has 0 aromatic heterocycles. The molecular formula is C9H15N. The van der Waals surface area contributed by atoms with Gasteiger partial charge in [-0.3, -0.25) is 4.99 Å². The second-order valence-corrected chi connectivity index (χ2v) is 3.83. The summed E-state index contributed by atoms with van der Waals surface area (Å²) in [6.07, 6.45) is 3.05. The minimum absolute atomic E-state index is 0.306. The van der Waals surface area contributed by atoms with Gasteiger partial charge in [0.25, 0.3) is 0 Å². The third kappa shape index (κ3) is 1.28. The van der Waals surface area contributed by atoms with Gasteiger partial charge in [-0.25, -0.2) is 0 Å². The van der Waals surface area contributed by atoms with Gasteiger partial charge in [0.1, 0.15) is 0 Å². The maximum absolute atomic E-state index is 4.24. The lowest BCUT2D eigenvalue weighted by Gasteiger charge is -2.20. The van der Waals surface area contributed by atoms with Crippen molar-refractivity contribution in [2.45, 2.75) is 34.1 Å². The fourth-order valence-electron chi connectivity index (χ4n) is 1.35. The standard InChI is InChI=1S/C9H15N/c1-7-8(5-6-10-7)9(2,3)4/h6H,5H2,1-4H3. The number of hydrogen-bond donors (Lipinski definition) is 0. The van der Waals surface area contributed by atoms with E-state index in [-0.39, 0.29) is 0 Å². The molecule has 0 spiro atoms. The van der Waals surface area contributed by atoms with E-state index in [0.29, 0.717) is 5.41 Å². The molecule has 1 aliphatic rings. The van der Waals surface area contributed by atoms with Crippen LogP contribution in [0, 0.1) is 5.41 Å². The van der Waals surface area contributed by atoms with E-state index in [1.165, 1.54) is 11.3 Å². The van der Waals surface area contributed by atoms with Crippen molar-refractivity contribution in [3.63, 3.8) is 0 Å². The summed E-state index contributed by atoms with van der Waals surface area (Å²) in [6.45, 7) is 8.80. The van der Waals surface area contributed by atoms with Crippen molar-refractivity contribution < 1.29 is 0 Å². The molecule has 1 rings (SSSR count). The number of aliphatic imine (C=N–C) groups is 1. The first-order valence-corrected chi connectivity index (χ1v) is 3.74. The van der Waals surface area contributed by atoms with Crippen molar-refractivity contribution in [2.24, 2.45) is 10.4 Å². The van der Waals surface area contributed by atoms with Gasteiger partial charge in [0, 0.05) is 18.3 Å². The lowest BCUT2D eigenvalue weighted by molar-refractivity contribution is 0.495. The first-order chi connectivity index (χ1) is 4.52. The Balaban J connectivity index is 2.86. The first kappa shape index (κ1) is 7.52. The monoisotopic (exact) mass is 137 g/mol. The second kappa shape index (κ2) is 2.22. The highest BCUT2D eigenvalue weighted by molar-refractivity contribution is 5.67. The summed E-state index contributed by atoms with van der Waals surface area (Å²) in [5.41, 5.74) is 3.00. The predicted octanol–water partition coefficient (Wildman–Crippen LogP) is 2.78. The smallest absolute Gasteiger partial charge is 0.0369 e. The van der Waals surface area contributed by atoms with E-state index < -0.39 is 0 Å². The van der Waals surface area contributed by atoms with Gasteiger partial charge in [0.05, 0.1) is 0 Å². The van der Waals surface area contributed by atoms with Gasteiger partial charge < -0.3 is 0 Å². The fourth-order valence-corrected chi connectivity index (χ4v) is 1.35. The van der Waals surface area contributed by atoms with Crippen LogP contribution in [0.15, 0.2) is 16.3 Å². The molecule has 0 saturated carbocycles. The van der Waals surface area contributed by atoms with Crippen LogP contribution in [-0.2, 0) is 0 Å². The summed E-state index contributed by atoms with van der Waals surface area (Å²) >= 11 is 0. The second-order valence-electron chi connectivity index (χ2n) is 3.83. The van der Waals surface area contributed by atoms with E-state index in [9.17, 15) is 0 Å². The van der Waals surface area contributed by atoms with Crippen LogP contribution in [0.2, 0.25) is 0 Å². The van der Waals surface area contributed by atoms with Crippen molar-refractivity contribution in [2.75, 3.05) is 0 Å². The van der Waals surface area contributed by atoms with Crippen LogP contribution in [0.5, 0.6) is 0 Å². The van der Waals surface area contributed by atoms with Gasteiger partial charge >= 0.3 is 0 Å². The highest BCUT2D eigenvalue weighted by Gasteiger charge is 2.20. The summed E-state index contributed by atoms with van der Waals surface area (Å²) in [5, 5.41) is 0. The van der Waals surface area contributed by atoms with Gasteiger partial charge in [0.2, 0.25) is 0 Å². The normalized spacial score (nSPS) is 18.8. The molecule has 1 heteroatoms. The molecule has 1 aliphatic heterocycles. The summed E-state index contributed by atoms with van der Waals surface area (Å²) in [5.74, 6) is 0. The van der Waals surface area contributed by atoms with Crippen molar-refractivity contribution in [3.05, 3.63) is 11.3 Å². The molecule has 0 aromatic carbocycles. The van der Waals surface area contributed by atoms with Crippen molar-refractivity contribution in [1.82, 2.24) is 0 Å². The molecular weight excluding hydrogens is 122 g/mol. The molecule has 0 unspecified atom stereocenters. The average Bonchev–Trinajstić information content (AvgIpc) is 2.11. The molecule has 0 N–H and O–H groups in total. The third-order valence-corrected chi connectivity index (χ3v) is 1.92. The van der Waals surface area contributed by atoms with E-state index in [1.807, 2.05) is 6.21 Å². The van der Waals surface area contributed by atoms with Crippen molar-refractivity contribution in [3.8, 4) is 0 Å². The zero-order valence-corrected chi connectivity index (χ0v) is 7.23. The summed E-state index contributed by atoms with van der Waals surface area (Å²) in [4.78, 5) is 4.24. The number of nitrogens with zero attached hydrogens (tertiary/aromatic N) is 1. The van der Waals surface area contributed by atoms with Gasteiger partial charge in [-0.2, -0.15) is 0 Å². The van der Waals surface area contributed by atoms with Crippen LogP contribution >= 0.6 is 0 Å². The van der Waals surface area contributed by atoms with Crippen LogP contribution in [0.4, 0.5) is 0 Å². The summed E-state index contributed by atoms with van der Waals surface area (Å²) in [7, 11) is 0. The SMILES string of the molecule is CC1=C(C(C)(C)C)CC=N1. The predicted molar refractivity (Wildman–Crippen MR) is 45.3 cm³/mol. The summed E-state index contributed by atoms with van der Waals surface area (Å²) < 4.78 is 0. The van der Waals surface area contributed by atoms with Gasteiger partial charge in [-0.1, -0.05) is 20.8 Å². The van der Waals surface area contributed by atoms with Crippen molar-refractivity contribution >= 4 is 6.21 Å². The minimum atomic E-state index is 0.306. The Bertz CT molecular complexity index is 191. The lowest BCUT2D eigenvalue weighted by Crippen LogP contribution is -2.09. The maximum atomic E-state index is 4.24. The minimum Gasteiger partial charge on any atom is -0.266 e. The number of hydrogen-bond acceptors (Lipinski definition) is 1. The molecule has 0 fully saturated rings. The molecule has 0 saturated heterocycles. The molecule has 0 atom stereocenters. The molecule has 0 amide bonds. The van der Waals surface area contributed by atoms with Gasteiger partial charge in [-0.15, -0.1) is 0 Å². The average molecular weight is 137 g/mol. The van der Waals surface area contributed by atoms with Crippen LogP contribution in [0.3, 0.4) is 0 Å². The third-order valence-electron chi connectivity index (χ3n) is 1.92. The van der Waals surface area contributed by atoms with E-state index >= 15 is 0 Å². The Hall–Kier alpha value is -0.590. The Labute approximate surface area is 62.9 Å². The Morgan fingerprint density at radius 1 is 1.40 bits per heavy atom. The highest BCUT2D eigenvalue weighted by Crippen LogP contribution is 2.32. The molecule has 10 heavy (non-hydrogen) atoms. The molecule has 0 radical (unpaired) electrons. The van der Waals surface area contributed by atoms with E-state index in [1.54, 1.807) is 0 Å². The largest absolute Gasteiger partial charge is 0.266 e. The maximum Gasteiger partial charge on any atom is 0.0369 e. The Morgan fingerprint density at radius 3 is 2.20 bits per heavy atom. The van der Waals surface area contributed by atoms with Crippen LogP contribution < -0.4 is 0 Å². The van der Waals surface area contributed by atoms with E-state index in [0.717, 1.165) is 6.42 Å². The first-order valence-electron chi connectivity index (χ1n) is 3.74. The topological polar surface area (TPSA) is 12.4 Å². The number of allylic oxidation sites excluding steroid dienone is 2. The van der Waals surface area contributed by atoms with Crippen LogP contribution in [0.1, 0.15) is 34.1 Å². The molecule has 0 bridgehead atoms. The molecule has 0 aromatic rings. The molecule has 1 heterocycles. The fraction of sp³-hybridized carbons (Fsp3) is 0.667. The highest BCUT2D eigenvalue weighted by atomic mass is 14.8. The quantitative estimate of drug-likeness (QED) is 0.487. The van der Waals surface area contributed by atoms with Crippen molar-refractivity contribution in [1.29, 1.82) is 0 Å². The zero-order valence-electron chi connectivity index (χ0n) is 7.23. The van der Waals surface area contributed by atoms with E-state index in [4.69, 9.17) is 0 Å². The zero-order chi connectivity index (χ0) is 7.78. The molecule has 0 aliphatic carbocycles. The Morgan fingerprint density at radius 2 is 2.00 bits per heavy atom.